The van der Waals surface area contributed by atoms with Gasteiger partial charge in [0.1, 0.15) is 4.70 Å². The van der Waals surface area contributed by atoms with E-state index in [0.29, 0.717) is 28.2 Å². The Kier molecular flexibility index (Phi) is 5.38. The molecule has 1 aliphatic heterocycles. The van der Waals surface area contributed by atoms with Crippen LogP contribution in [0.4, 0.5) is 5.88 Å². The molecule has 0 N–H and O–H groups in total. The molecular weight excluding hydrogens is 408 g/mol. The van der Waals surface area contributed by atoms with Crippen LogP contribution in [0.15, 0.2) is 69.5 Å². The molecule has 1 aliphatic rings. The van der Waals surface area contributed by atoms with Crippen LogP contribution in [0.1, 0.15) is 35.2 Å². The number of benzene rings is 1. The summed E-state index contributed by atoms with van der Waals surface area (Å²) in [6, 6.07) is 12.9. The van der Waals surface area contributed by atoms with Crippen molar-refractivity contribution < 1.29 is 9.21 Å². The van der Waals surface area contributed by atoms with Crippen molar-refractivity contribution >= 4 is 33.3 Å². The zero-order valence-electron chi connectivity index (χ0n) is 17.0. The van der Waals surface area contributed by atoms with Gasteiger partial charge in [0, 0.05) is 54.5 Å². The largest absolute Gasteiger partial charge is 0.439 e. The van der Waals surface area contributed by atoms with Crippen LogP contribution < -0.4 is 10.3 Å². The summed E-state index contributed by atoms with van der Waals surface area (Å²) >= 11 is 1.39. The van der Waals surface area contributed by atoms with E-state index in [-0.39, 0.29) is 11.2 Å². The summed E-state index contributed by atoms with van der Waals surface area (Å²) in [5.41, 5.74) is 3.91. The van der Waals surface area contributed by atoms with Gasteiger partial charge in [-0.25, -0.2) is 0 Å². The Morgan fingerprint density at radius 2 is 1.87 bits per heavy atom. The molecule has 3 aromatic heterocycles. The number of aromatic nitrogens is 1. The summed E-state index contributed by atoms with van der Waals surface area (Å²) in [7, 11) is 0. The molecule has 1 aromatic carbocycles. The fourth-order valence-corrected chi connectivity index (χ4v) is 4.96. The highest BCUT2D eigenvalue weighted by atomic mass is 32.1. The Labute approximate surface area is 184 Å². The third-order valence-electron chi connectivity index (χ3n) is 5.71. The first-order valence-corrected chi connectivity index (χ1v) is 11.4. The minimum atomic E-state index is -0.0111. The normalized spacial score (nSPS) is 14.1. The van der Waals surface area contributed by atoms with Gasteiger partial charge in [-0.05, 0) is 48.6 Å². The van der Waals surface area contributed by atoms with Crippen LogP contribution >= 0.6 is 11.3 Å². The quantitative estimate of drug-likeness (QED) is 0.400. The average molecular weight is 431 g/mol. The van der Waals surface area contributed by atoms with Gasteiger partial charge < -0.3 is 9.32 Å². The molecule has 0 saturated carbocycles. The molecule has 0 amide bonds. The van der Waals surface area contributed by atoms with Crippen molar-refractivity contribution in [3.05, 3.63) is 81.6 Å². The highest BCUT2D eigenvalue weighted by Gasteiger charge is 2.19. The summed E-state index contributed by atoms with van der Waals surface area (Å²) < 4.78 is 6.86. The van der Waals surface area contributed by atoms with E-state index < -0.39 is 0 Å². The van der Waals surface area contributed by atoms with E-state index in [1.54, 1.807) is 18.5 Å². The third kappa shape index (κ3) is 4.03. The minimum Gasteiger partial charge on any atom is -0.439 e. The Hall–Kier alpha value is -3.25. The monoisotopic (exact) mass is 430 g/mol. The van der Waals surface area contributed by atoms with Gasteiger partial charge in [-0.2, -0.15) is 0 Å². The maximum Gasteiger partial charge on any atom is 0.204 e. The number of thiophene rings is 1. The van der Waals surface area contributed by atoms with Gasteiger partial charge in [0.25, 0.3) is 0 Å². The maximum absolute atomic E-state index is 12.8. The highest BCUT2D eigenvalue weighted by Crippen LogP contribution is 2.35. The molecule has 5 nitrogen and oxygen atoms in total. The smallest absolute Gasteiger partial charge is 0.204 e. The van der Waals surface area contributed by atoms with Gasteiger partial charge in [-0.3, -0.25) is 14.6 Å². The standard InChI is InChI=1S/C25H22N2O3S/c28-21(13-17-7-9-26-10-8-17)19-6-4-5-18(14-19)20-16-31-25-22(29)15-23(30-24(20)25)27-11-2-1-3-12-27/h4-10,14-16H,1-3,11-13H2. The Morgan fingerprint density at radius 1 is 1.06 bits per heavy atom. The molecule has 1 fully saturated rings. The molecule has 1 saturated heterocycles. The lowest BCUT2D eigenvalue weighted by Crippen LogP contribution is -2.29. The molecule has 0 bridgehead atoms. The topological polar surface area (TPSA) is 63.4 Å². The first-order chi connectivity index (χ1) is 15.2. The fraction of sp³-hybridized carbons (Fsp3) is 0.240. The molecule has 0 unspecified atom stereocenters. The Bertz CT molecular complexity index is 1290. The number of rotatable bonds is 5. The van der Waals surface area contributed by atoms with Crippen LogP contribution in [0, 0.1) is 0 Å². The van der Waals surface area contributed by atoms with Gasteiger partial charge in [0.2, 0.25) is 5.43 Å². The second-order valence-electron chi connectivity index (χ2n) is 7.84. The molecule has 0 spiro atoms. The number of anilines is 1. The summed E-state index contributed by atoms with van der Waals surface area (Å²) in [5.74, 6) is 0.685. The number of fused-ring (bicyclic) bond motifs is 1. The first kappa shape index (κ1) is 19.7. The summed E-state index contributed by atoms with van der Waals surface area (Å²) in [4.78, 5) is 31.7. The van der Waals surface area contributed by atoms with Crippen molar-refractivity contribution in [3.63, 3.8) is 0 Å². The van der Waals surface area contributed by atoms with Gasteiger partial charge in [0.15, 0.2) is 17.3 Å². The minimum absolute atomic E-state index is 0.0111. The predicted octanol–water partition coefficient (Wildman–Crippen LogP) is 5.33. The second kappa shape index (κ2) is 8.47. The maximum atomic E-state index is 12.8. The lowest BCUT2D eigenvalue weighted by atomic mass is 9.99. The van der Waals surface area contributed by atoms with E-state index in [9.17, 15) is 9.59 Å². The van der Waals surface area contributed by atoms with Crippen LogP contribution in [-0.4, -0.2) is 23.9 Å². The zero-order valence-corrected chi connectivity index (χ0v) is 17.9. The summed E-state index contributed by atoms with van der Waals surface area (Å²) in [5, 5.41) is 1.95. The Balaban J connectivity index is 1.50. The number of carbonyl (C=O) groups excluding carboxylic acids is 1. The van der Waals surface area contributed by atoms with E-state index in [0.717, 1.165) is 42.6 Å². The van der Waals surface area contributed by atoms with Crippen molar-refractivity contribution in [2.24, 2.45) is 0 Å². The van der Waals surface area contributed by atoms with E-state index >= 15 is 0 Å². The van der Waals surface area contributed by atoms with Crippen molar-refractivity contribution in [1.82, 2.24) is 4.98 Å². The van der Waals surface area contributed by atoms with Gasteiger partial charge in [0.05, 0.1) is 0 Å². The fourth-order valence-electron chi connectivity index (χ4n) is 4.05. The Morgan fingerprint density at radius 3 is 2.68 bits per heavy atom. The number of carbonyl (C=O) groups is 1. The number of Topliss-reactive ketones (excluding diaryl/α,β-unsaturated/α-hetero) is 1. The molecule has 6 heteroatoms. The second-order valence-corrected chi connectivity index (χ2v) is 8.72. The molecule has 0 aliphatic carbocycles. The number of hydrogen-bond acceptors (Lipinski definition) is 6. The molecule has 5 rings (SSSR count). The van der Waals surface area contributed by atoms with Crippen LogP contribution in [0.3, 0.4) is 0 Å². The van der Waals surface area contributed by atoms with Crippen LogP contribution in [0.2, 0.25) is 0 Å². The van der Waals surface area contributed by atoms with Crippen LogP contribution in [0.25, 0.3) is 21.4 Å². The third-order valence-corrected chi connectivity index (χ3v) is 6.68. The van der Waals surface area contributed by atoms with Crippen molar-refractivity contribution in [2.75, 3.05) is 18.0 Å². The molecule has 4 aromatic rings. The molecular formula is C25H22N2O3S. The van der Waals surface area contributed by atoms with Crippen LogP contribution in [-0.2, 0) is 6.42 Å². The summed E-state index contributed by atoms with van der Waals surface area (Å²) in [6.07, 6.45) is 7.15. The van der Waals surface area contributed by atoms with Gasteiger partial charge in [-0.1, -0.05) is 18.2 Å². The van der Waals surface area contributed by atoms with E-state index in [2.05, 4.69) is 9.88 Å². The van der Waals surface area contributed by atoms with Crippen molar-refractivity contribution in [3.8, 4) is 11.1 Å². The number of pyridine rings is 1. The first-order valence-electron chi connectivity index (χ1n) is 10.5. The lowest BCUT2D eigenvalue weighted by Gasteiger charge is -2.26. The molecule has 31 heavy (non-hydrogen) atoms. The molecule has 156 valence electrons. The number of nitrogens with zero attached hydrogens (tertiary/aromatic N) is 2. The summed E-state index contributed by atoms with van der Waals surface area (Å²) in [6.45, 7) is 1.82. The molecule has 0 radical (unpaired) electrons. The van der Waals surface area contributed by atoms with Crippen LogP contribution in [0.5, 0.6) is 0 Å². The number of piperidine rings is 1. The molecule has 0 atom stereocenters. The van der Waals surface area contributed by atoms with E-state index in [4.69, 9.17) is 4.42 Å². The molecule has 4 heterocycles. The van der Waals surface area contributed by atoms with E-state index in [1.807, 2.05) is 41.8 Å². The van der Waals surface area contributed by atoms with Crippen molar-refractivity contribution in [2.45, 2.75) is 25.7 Å². The van der Waals surface area contributed by atoms with Gasteiger partial charge >= 0.3 is 0 Å². The highest BCUT2D eigenvalue weighted by molar-refractivity contribution is 7.17. The number of hydrogen-bond donors (Lipinski definition) is 0. The van der Waals surface area contributed by atoms with E-state index in [1.165, 1.54) is 17.8 Å². The van der Waals surface area contributed by atoms with Gasteiger partial charge in [-0.15, -0.1) is 11.3 Å². The number of ketones is 1. The average Bonchev–Trinajstić information content (AvgIpc) is 3.25. The predicted molar refractivity (Wildman–Crippen MR) is 124 cm³/mol. The van der Waals surface area contributed by atoms with Crippen molar-refractivity contribution in [1.29, 1.82) is 0 Å². The zero-order chi connectivity index (χ0) is 21.2. The SMILES string of the molecule is O=C(Cc1ccncc1)c1cccc(-c2csc3c(=O)cc(N4CCCCC4)oc23)c1. The lowest BCUT2D eigenvalue weighted by molar-refractivity contribution is 0.0993.